The van der Waals surface area contributed by atoms with Crippen molar-refractivity contribution in [2.75, 3.05) is 5.32 Å². The molecule has 19 heavy (non-hydrogen) atoms. The van der Waals surface area contributed by atoms with Gasteiger partial charge in [-0.2, -0.15) is 0 Å². The Kier molecular flexibility index (Phi) is 4.22. The highest BCUT2D eigenvalue weighted by atomic mass is 79.9. The summed E-state index contributed by atoms with van der Waals surface area (Å²) in [6.07, 6.45) is 0. The number of benzene rings is 2. The molecule has 0 spiro atoms. The lowest BCUT2D eigenvalue weighted by Gasteiger charge is -2.09. The third kappa shape index (κ3) is 3.33. The van der Waals surface area contributed by atoms with E-state index in [0.717, 1.165) is 4.47 Å². The van der Waals surface area contributed by atoms with E-state index in [9.17, 15) is 9.18 Å². The van der Waals surface area contributed by atoms with Gasteiger partial charge in [0.1, 0.15) is 5.82 Å². The van der Waals surface area contributed by atoms with Crippen LogP contribution < -0.4 is 5.32 Å². The lowest BCUT2D eigenvalue weighted by atomic mass is 10.1. The SMILES string of the molecule is Cc1cc(F)ccc1NC(=O)c1ccc(Br)c(Cl)c1. The molecule has 0 saturated heterocycles. The molecule has 0 heterocycles. The van der Waals surface area contributed by atoms with Gasteiger partial charge in [-0.25, -0.2) is 4.39 Å². The number of amides is 1. The number of aryl methyl sites for hydroxylation is 1. The van der Waals surface area contributed by atoms with Gasteiger partial charge in [-0.15, -0.1) is 0 Å². The van der Waals surface area contributed by atoms with Crippen molar-refractivity contribution < 1.29 is 9.18 Å². The predicted molar refractivity (Wildman–Crippen MR) is 78.2 cm³/mol. The van der Waals surface area contributed by atoms with Crippen LogP contribution in [0, 0.1) is 12.7 Å². The van der Waals surface area contributed by atoms with Gasteiger partial charge in [0.25, 0.3) is 5.91 Å². The van der Waals surface area contributed by atoms with E-state index in [-0.39, 0.29) is 11.7 Å². The topological polar surface area (TPSA) is 29.1 Å². The maximum Gasteiger partial charge on any atom is 0.255 e. The highest BCUT2D eigenvalue weighted by Crippen LogP contribution is 2.24. The second-order valence-corrected chi connectivity index (χ2v) is 5.30. The molecule has 1 N–H and O–H groups in total. The molecule has 0 aliphatic carbocycles. The Morgan fingerprint density at radius 2 is 2.00 bits per heavy atom. The summed E-state index contributed by atoms with van der Waals surface area (Å²) in [4.78, 5) is 12.0. The summed E-state index contributed by atoms with van der Waals surface area (Å²) in [6.45, 7) is 1.73. The first-order valence-electron chi connectivity index (χ1n) is 5.50. The smallest absolute Gasteiger partial charge is 0.255 e. The number of hydrogen-bond acceptors (Lipinski definition) is 1. The Labute approximate surface area is 123 Å². The van der Waals surface area contributed by atoms with Crippen LogP contribution in [0.25, 0.3) is 0 Å². The molecule has 0 saturated carbocycles. The molecule has 2 aromatic carbocycles. The Bertz CT molecular complexity index is 645. The van der Waals surface area contributed by atoms with E-state index in [1.165, 1.54) is 18.2 Å². The molecule has 0 radical (unpaired) electrons. The van der Waals surface area contributed by atoms with Gasteiger partial charge in [0, 0.05) is 15.7 Å². The monoisotopic (exact) mass is 341 g/mol. The van der Waals surface area contributed by atoms with Gasteiger partial charge < -0.3 is 5.32 Å². The Hall–Kier alpha value is -1.39. The molecule has 2 aromatic rings. The van der Waals surface area contributed by atoms with Crippen LogP contribution in [-0.4, -0.2) is 5.91 Å². The van der Waals surface area contributed by atoms with Crippen molar-refractivity contribution in [3.05, 3.63) is 62.8 Å². The molecule has 2 nitrogen and oxygen atoms in total. The second-order valence-electron chi connectivity index (χ2n) is 4.04. The van der Waals surface area contributed by atoms with Gasteiger partial charge in [-0.1, -0.05) is 11.6 Å². The normalized spacial score (nSPS) is 10.3. The van der Waals surface area contributed by atoms with Crippen LogP contribution in [0.4, 0.5) is 10.1 Å². The fourth-order valence-corrected chi connectivity index (χ4v) is 2.03. The number of hydrogen-bond donors (Lipinski definition) is 1. The molecule has 5 heteroatoms. The van der Waals surface area contributed by atoms with Gasteiger partial charge in [-0.3, -0.25) is 4.79 Å². The number of rotatable bonds is 2. The molecule has 0 fully saturated rings. The summed E-state index contributed by atoms with van der Waals surface area (Å²) in [5.41, 5.74) is 1.68. The standard InChI is InChI=1S/C14H10BrClFNO/c1-8-6-10(17)3-5-13(8)18-14(19)9-2-4-11(15)12(16)7-9/h2-7H,1H3,(H,18,19). The van der Waals surface area contributed by atoms with E-state index in [1.807, 2.05) is 0 Å². The molecule has 0 atom stereocenters. The van der Waals surface area contributed by atoms with E-state index in [0.29, 0.717) is 21.8 Å². The number of nitrogens with one attached hydrogen (secondary N) is 1. The van der Waals surface area contributed by atoms with Gasteiger partial charge in [-0.05, 0) is 64.8 Å². The van der Waals surface area contributed by atoms with Crippen molar-refractivity contribution in [1.82, 2.24) is 0 Å². The van der Waals surface area contributed by atoms with Crippen molar-refractivity contribution in [1.29, 1.82) is 0 Å². The van der Waals surface area contributed by atoms with Crippen LogP contribution >= 0.6 is 27.5 Å². The molecule has 0 aromatic heterocycles. The number of halogens is 3. The molecule has 1 amide bonds. The molecule has 0 aliphatic heterocycles. The first-order valence-corrected chi connectivity index (χ1v) is 6.67. The lowest BCUT2D eigenvalue weighted by Crippen LogP contribution is -2.12. The molecular formula is C14H10BrClFNO. The van der Waals surface area contributed by atoms with Gasteiger partial charge >= 0.3 is 0 Å². The van der Waals surface area contributed by atoms with E-state index in [1.54, 1.807) is 25.1 Å². The molecular weight excluding hydrogens is 333 g/mol. The molecule has 0 bridgehead atoms. The quantitative estimate of drug-likeness (QED) is 0.834. The lowest BCUT2D eigenvalue weighted by molar-refractivity contribution is 0.102. The summed E-state index contributed by atoms with van der Waals surface area (Å²) >= 11 is 9.20. The van der Waals surface area contributed by atoms with Crippen LogP contribution in [0.5, 0.6) is 0 Å². The predicted octanol–water partition coefficient (Wildman–Crippen LogP) is 4.80. The fraction of sp³-hybridized carbons (Fsp3) is 0.0714. The summed E-state index contributed by atoms with van der Waals surface area (Å²) in [6, 6.07) is 9.13. The van der Waals surface area contributed by atoms with Crippen molar-refractivity contribution in [2.45, 2.75) is 6.92 Å². The van der Waals surface area contributed by atoms with Gasteiger partial charge in [0.05, 0.1) is 5.02 Å². The highest BCUT2D eigenvalue weighted by Gasteiger charge is 2.09. The number of carbonyl (C=O) groups is 1. The average Bonchev–Trinajstić information content (AvgIpc) is 2.36. The zero-order chi connectivity index (χ0) is 14.0. The summed E-state index contributed by atoms with van der Waals surface area (Å²) in [5.74, 6) is -0.619. The van der Waals surface area contributed by atoms with Crippen LogP contribution in [0.3, 0.4) is 0 Å². The maximum atomic E-state index is 13.0. The Morgan fingerprint density at radius 1 is 1.26 bits per heavy atom. The minimum atomic E-state index is -0.331. The third-order valence-corrected chi connectivity index (χ3v) is 3.85. The number of carbonyl (C=O) groups excluding carboxylic acids is 1. The van der Waals surface area contributed by atoms with Gasteiger partial charge in [0.15, 0.2) is 0 Å². The largest absolute Gasteiger partial charge is 0.322 e. The summed E-state index contributed by atoms with van der Waals surface area (Å²) in [5, 5.41) is 3.18. The van der Waals surface area contributed by atoms with Crippen molar-refractivity contribution in [3.8, 4) is 0 Å². The molecule has 98 valence electrons. The number of anilines is 1. The van der Waals surface area contributed by atoms with E-state index >= 15 is 0 Å². The minimum Gasteiger partial charge on any atom is -0.322 e. The average molecular weight is 343 g/mol. The molecule has 0 unspecified atom stereocenters. The second kappa shape index (κ2) is 5.72. The van der Waals surface area contributed by atoms with Crippen LogP contribution in [0.1, 0.15) is 15.9 Å². The highest BCUT2D eigenvalue weighted by molar-refractivity contribution is 9.10. The van der Waals surface area contributed by atoms with Crippen molar-refractivity contribution in [3.63, 3.8) is 0 Å². The Morgan fingerprint density at radius 3 is 2.63 bits per heavy atom. The Balaban J connectivity index is 2.23. The summed E-state index contributed by atoms with van der Waals surface area (Å²) in [7, 11) is 0. The van der Waals surface area contributed by atoms with Crippen LogP contribution in [0.2, 0.25) is 5.02 Å². The zero-order valence-corrected chi connectivity index (χ0v) is 12.3. The maximum absolute atomic E-state index is 13.0. The molecule has 0 aliphatic rings. The zero-order valence-electron chi connectivity index (χ0n) is 10.0. The van der Waals surface area contributed by atoms with Crippen molar-refractivity contribution in [2.24, 2.45) is 0 Å². The van der Waals surface area contributed by atoms with E-state index < -0.39 is 0 Å². The van der Waals surface area contributed by atoms with Crippen LogP contribution in [0.15, 0.2) is 40.9 Å². The van der Waals surface area contributed by atoms with Crippen molar-refractivity contribution >= 4 is 39.1 Å². The fourth-order valence-electron chi connectivity index (χ4n) is 1.60. The first kappa shape index (κ1) is 14.0. The minimum absolute atomic E-state index is 0.288. The first-order chi connectivity index (χ1) is 8.97. The van der Waals surface area contributed by atoms with E-state index in [2.05, 4.69) is 21.2 Å². The molecule has 2 rings (SSSR count). The third-order valence-electron chi connectivity index (χ3n) is 2.62. The van der Waals surface area contributed by atoms with Gasteiger partial charge in [0.2, 0.25) is 0 Å². The summed E-state index contributed by atoms with van der Waals surface area (Å²) < 4.78 is 13.7. The van der Waals surface area contributed by atoms with Crippen LogP contribution in [-0.2, 0) is 0 Å². The van der Waals surface area contributed by atoms with E-state index in [4.69, 9.17) is 11.6 Å².